The maximum absolute atomic E-state index is 13.1. The first-order valence-electron chi connectivity index (χ1n) is 13.1. The molecule has 1 saturated heterocycles. The Kier molecular flexibility index (Phi) is 11.0. The molecule has 0 bridgehead atoms. The summed E-state index contributed by atoms with van der Waals surface area (Å²) >= 11 is 2.75. The van der Waals surface area contributed by atoms with Gasteiger partial charge in [0.15, 0.2) is 18.1 Å². The van der Waals surface area contributed by atoms with Crippen molar-refractivity contribution in [2.75, 3.05) is 37.0 Å². The predicted molar refractivity (Wildman–Crippen MR) is 170 cm³/mol. The standard InChI is InChI=1S/C30H27FIN3O7S/c1-3-40-22-11-9-21(10-12-22)33-26(36)16-35-29(38)25(43-30(35)39)15-18-13-23(32)28(24(14-18)41-4-2)42-17-27(37)34-20-7-5-19(31)6-8-20/h5-15H,3-4,16-17H2,1-2H3,(H,33,36)(H,34,37)/b25-15+. The van der Waals surface area contributed by atoms with E-state index in [4.69, 9.17) is 14.2 Å². The highest BCUT2D eigenvalue weighted by Gasteiger charge is 2.36. The Morgan fingerprint density at radius 2 is 1.53 bits per heavy atom. The minimum absolute atomic E-state index is 0.143. The molecule has 1 heterocycles. The van der Waals surface area contributed by atoms with Crippen LogP contribution in [0.4, 0.5) is 20.6 Å². The maximum atomic E-state index is 13.1. The Bertz CT molecular complexity index is 1550. The van der Waals surface area contributed by atoms with Gasteiger partial charge in [-0.1, -0.05) is 0 Å². The average molecular weight is 720 g/mol. The summed E-state index contributed by atoms with van der Waals surface area (Å²) in [4.78, 5) is 51.6. The fourth-order valence-electron chi connectivity index (χ4n) is 3.88. The lowest BCUT2D eigenvalue weighted by Crippen LogP contribution is -2.36. The number of benzene rings is 3. The van der Waals surface area contributed by atoms with Crippen LogP contribution < -0.4 is 24.8 Å². The molecule has 1 aliphatic heterocycles. The van der Waals surface area contributed by atoms with E-state index >= 15 is 0 Å². The van der Waals surface area contributed by atoms with Gasteiger partial charge in [-0.05, 0) is 121 Å². The average Bonchev–Trinajstić information content (AvgIpc) is 3.22. The molecule has 0 radical (unpaired) electrons. The number of carbonyl (C=O) groups excluding carboxylic acids is 4. The Balaban J connectivity index is 1.41. The minimum Gasteiger partial charge on any atom is -0.494 e. The second kappa shape index (κ2) is 14.9. The van der Waals surface area contributed by atoms with Crippen LogP contribution in [0.2, 0.25) is 0 Å². The molecule has 1 fully saturated rings. The molecular weight excluding hydrogens is 692 g/mol. The molecule has 3 aromatic rings. The van der Waals surface area contributed by atoms with E-state index in [0.717, 1.165) is 16.7 Å². The lowest BCUT2D eigenvalue weighted by Gasteiger charge is -2.15. The van der Waals surface area contributed by atoms with Crippen molar-refractivity contribution in [3.8, 4) is 17.2 Å². The first-order chi connectivity index (χ1) is 20.7. The molecule has 43 heavy (non-hydrogen) atoms. The summed E-state index contributed by atoms with van der Waals surface area (Å²) in [5.41, 5.74) is 1.48. The van der Waals surface area contributed by atoms with E-state index in [-0.39, 0.29) is 11.5 Å². The number of anilines is 2. The van der Waals surface area contributed by atoms with Gasteiger partial charge in [0.2, 0.25) is 5.91 Å². The van der Waals surface area contributed by atoms with Gasteiger partial charge in [-0.2, -0.15) is 0 Å². The number of nitrogens with one attached hydrogen (secondary N) is 2. The quantitative estimate of drug-likeness (QED) is 0.175. The van der Waals surface area contributed by atoms with Crippen LogP contribution in [0.25, 0.3) is 6.08 Å². The molecular formula is C30H27FIN3O7S. The van der Waals surface area contributed by atoms with Gasteiger partial charge in [-0.3, -0.25) is 24.1 Å². The van der Waals surface area contributed by atoms with E-state index in [1.807, 2.05) is 29.5 Å². The van der Waals surface area contributed by atoms with Gasteiger partial charge >= 0.3 is 0 Å². The normalized spacial score (nSPS) is 13.7. The van der Waals surface area contributed by atoms with Crippen molar-refractivity contribution in [2.45, 2.75) is 13.8 Å². The minimum atomic E-state index is -0.595. The van der Waals surface area contributed by atoms with Crippen molar-refractivity contribution in [3.63, 3.8) is 0 Å². The Morgan fingerprint density at radius 1 is 0.907 bits per heavy atom. The SMILES string of the molecule is CCOc1ccc(NC(=O)CN2C(=O)S/C(=C/c3cc(I)c(OCC(=O)Nc4ccc(F)cc4)c(OCC)c3)C2=O)cc1. The van der Waals surface area contributed by atoms with E-state index in [1.165, 1.54) is 30.3 Å². The molecule has 0 unspecified atom stereocenters. The Morgan fingerprint density at radius 3 is 2.19 bits per heavy atom. The zero-order valence-corrected chi connectivity index (χ0v) is 26.1. The first kappa shape index (κ1) is 31.8. The summed E-state index contributed by atoms with van der Waals surface area (Å²) in [6.45, 7) is 3.70. The van der Waals surface area contributed by atoms with Gasteiger partial charge in [-0.25, -0.2) is 4.39 Å². The molecule has 224 valence electrons. The fraction of sp³-hybridized carbons (Fsp3) is 0.200. The second-order valence-corrected chi connectivity index (χ2v) is 11.0. The van der Waals surface area contributed by atoms with Gasteiger partial charge in [0, 0.05) is 11.4 Å². The lowest BCUT2D eigenvalue weighted by molar-refractivity contribution is -0.127. The number of thioether (sulfide) groups is 1. The zero-order valence-electron chi connectivity index (χ0n) is 23.1. The summed E-state index contributed by atoms with van der Waals surface area (Å²) < 4.78 is 30.6. The van der Waals surface area contributed by atoms with Crippen molar-refractivity contribution >= 4 is 74.8 Å². The third-order valence-corrected chi connectivity index (χ3v) is 7.44. The number of nitrogens with zero attached hydrogens (tertiary/aromatic N) is 1. The summed E-state index contributed by atoms with van der Waals surface area (Å²) in [6, 6.07) is 15.4. The van der Waals surface area contributed by atoms with E-state index in [1.54, 1.807) is 43.3 Å². The summed E-state index contributed by atoms with van der Waals surface area (Å²) in [5, 5.41) is 4.73. The number of amides is 4. The number of rotatable bonds is 12. The summed E-state index contributed by atoms with van der Waals surface area (Å²) in [7, 11) is 0. The lowest BCUT2D eigenvalue weighted by atomic mass is 10.2. The van der Waals surface area contributed by atoms with E-state index in [9.17, 15) is 23.6 Å². The number of halogens is 2. The Labute approximate surface area is 265 Å². The molecule has 2 N–H and O–H groups in total. The number of carbonyl (C=O) groups is 4. The smallest absolute Gasteiger partial charge is 0.294 e. The summed E-state index contributed by atoms with van der Waals surface area (Å²) in [5.74, 6) is -0.661. The molecule has 0 aromatic heterocycles. The molecule has 0 atom stereocenters. The van der Waals surface area contributed by atoms with Crippen molar-refractivity contribution in [3.05, 3.63) is 80.5 Å². The molecule has 0 saturated carbocycles. The zero-order chi connectivity index (χ0) is 30.9. The highest BCUT2D eigenvalue weighted by molar-refractivity contribution is 14.1. The third kappa shape index (κ3) is 8.70. The van der Waals surface area contributed by atoms with Crippen LogP contribution in [0.1, 0.15) is 19.4 Å². The van der Waals surface area contributed by atoms with E-state index < -0.39 is 35.3 Å². The van der Waals surface area contributed by atoms with Gasteiger partial charge < -0.3 is 24.8 Å². The van der Waals surface area contributed by atoms with Gasteiger partial charge in [0.05, 0.1) is 21.7 Å². The number of hydrogen-bond donors (Lipinski definition) is 2. The highest BCUT2D eigenvalue weighted by atomic mass is 127. The van der Waals surface area contributed by atoms with Crippen molar-refractivity contribution in [1.29, 1.82) is 0 Å². The van der Waals surface area contributed by atoms with Gasteiger partial charge in [0.25, 0.3) is 17.1 Å². The van der Waals surface area contributed by atoms with Crippen molar-refractivity contribution < 1.29 is 37.8 Å². The van der Waals surface area contributed by atoms with Crippen LogP contribution in [0.15, 0.2) is 65.6 Å². The molecule has 4 amide bonds. The second-order valence-electron chi connectivity index (χ2n) is 8.88. The van der Waals surface area contributed by atoms with E-state index in [0.29, 0.717) is 51.0 Å². The molecule has 4 rings (SSSR count). The van der Waals surface area contributed by atoms with Crippen LogP contribution in [0, 0.1) is 9.39 Å². The fourth-order valence-corrected chi connectivity index (χ4v) is 5.49. The number of imide groups is 1. The van der Waals surface area contributed by atoms with Crippen LogP contribution >= 0.6 is 34.4 Å². The van der Waals surface area contributed by atoms with Gasteiger partial charge in [0.1, 0.15) is 18.1 Å². The van der Waals surface area contributed by atoms with E-state index in [2.05, 4.69) is 10.6 Å². The molecule has 13 heteroatoms. The van der Waals surface area contributed by atoms with Gasteiger partial charge in [-0.15, -0.1) is 0 Å². The monoisotopic (exact) mass is 719 g/mol. The topological polar surface area (TPSA) is 123 Å². The molecule has 3 aromatic carbocycles. The first-order valence-corrected chi connectivity index (χ1v) is 15.0. The Hall–Kier alpha value is -4.11. The van der Waals surface area contributed by atoms with Crippen LogP contribution in [0.5, 0.6) is 17.2 Å². The van der Waals surface area contributed by atoms with Crippen LogP contribution in [-0.2, 0) is 14.4 Å². The third-order valence-electron chi connectivity index (χ3n) is 5.73. The largest absolute Gasteiger partial charge is 0.494 e. The van der Waals surface area contributed by atoms with Crippen LogP contribution in [0.3, 0.4) is 0 Å². The molecule has 0 aliphatic carbocycles. The highest BCUT2D eigenvalue weighted by Crippen LogP contribution is 2.37. The number of ether oxygens (including phenoxy) is 3. The van der Waals surface area contributed by atoms with Crippen molar-refractivity contribution in [1.82, 2.24) is 4.90 Å². The number of hydrogen-bond acceptors (Lipinski definition) is 8. The summed E-state index contributed by atoms with van der Waals surface area (Å²) in [6.07, 6.45) is 1.53. The maximum Gasteiger partial charge on any atom is 0.294 e. The van der Waals surface area contributed by atoms with Crippen molar-refractivity contribution in [2.24, 2.45) is 0 Å². The molecule has 0 spiro atoms. The predicted octanol–water partition coefficient (Wildman–Crippen LogP) is 5.92. The molecule has 1 aliphatic rings. The molecule has 10 nitrogen and oxygen atoms in total. The van der Waals surface area contributed by atoms with Crippen LogP contribution in [-0.4, -0.2) is 54.2 Å².